The van der Waals surface area contributed by atoms with Gasteiger partial charge in [0.2, 0.25) is 0 Å². The van der Waals surface area contributed by atoms with Crippen molar-refractivity contribution in [2.45, 2.75) is 6.92 Å². The number of benzene rings is 1. The molecule has 82 valence electrons. The summed E-state index contributed by atoms with van der Waals surface area (Å²) < 4.78 is 10.7. The summed E-state index contributed by atoms with van der Waals surface area (Å²) in [5.74, 6) is 1.56. The lowest BCUT2D eigenvalue weighted by atomic mass is 10.2. The summed E-state index contributed by atoms with van der Waals surface area (Å²) >= 11 is 3.34. The van der Waals surface area contributed by atoms with Crippen LogP contribution in [0.3, 0.4) is 0 Å². The number of rotatable bonds is 5. The van der Waals surface area contributed by atoms with Crippen LogP contribution >= 0.6 is 15.9 Å². The van der Waals surface area contributed by atoms with Gasteiger partial charge in [-0.05, 0) is 24.6 Å². The number of halogens is 1. The molecule has 1 rings (SSSR count). The third kappa shape index (κ3) is 3.59. The fourth-order valence-corrected chi connectivity index (χ4v) is 1.43. The van der Waals surface area contributed by atoms with E-state index in [4.69, 9.17) is 9.47 Å². The number of allylic oxidation sites excluding steroid dienone is 1. The number of methoxy groups -OCH3 is 1. The van der Waals surface area contributed by atoms with Crippen molar-refractivity contribution in [2.24, 2.45) is 0 Å². The summed E-state index contributed by atoms with van der Waals surface area (Å²) in [5.41, 5.74) is 1.11. The van der Waals surface area contributed by atoms with E-state index in [0.29, 0.717) is 6.61 Å². The Balaban J connectivity index is 2.91. The summed E-state index contributed by atoms with van der Waals surface area (Å²) in [6.07, 6.45) is 4.07. The first-order valence-corrected chi connectivity index (χ1v) is 5.97. The van der Waals surface area contributed by atoms with Gasteiger partial charge in [0.05, 0.1) is 13.7 Å². The van der Waals surface area contributed by atoms with Crippen LogP contribution < -0.4 is 9.47 Å². The Morgan fingerprint density at radius 2 is 2.13 bits per heavy atom. The Kier molecular flexibility index (Phi) is 5.26. The maximum atomic E-state index is 5.43. The van der Waals surface area contributed by atoms with Crippen LogP contribution in [0.25, 0.3) is 6.08 Å². The van der Waals surface area contributed by atoms with Crippen LogP contribution in [0.1, 0.15) is 12.5 Å². The molecule has 0 fully saturated rings. The Morgan fingerprint density at radius 1 is 1.33 bits per heavy atom. The lowest BCUT2D eigenvalue weighted by Crippen LogP contribution is -1.95. The van der Waals surface area contributed by atoms with E-state index >= 15 is 0 Å². The molecule has 0 amide bonds. The Bertz CT molecular complexity index is 334. The Hall–Kier alpha value is -0.960. The second-order valence-corrected chi connectivity index (χ2v) is 3.55. The molecule has 0 aliphatic heterocycles. The molecule has 0 aliphatic carbocycles. The van der Waals surface area contributed by atoms with Gasteiger partial charge in [0.1, 0.15) is 0 Å². The standard InChI is InChI=1S/C12H15BrO2/c1-3-15-11-7-6-10(5-4-8-13)9-12(11)14-2/h4-7,9H,3,8H2,1-2H3. The number of alkyl halides is 1. The fraction of sp³-hybridized carbons (Fsp3) is 0.333. The van der Waals surface area contributed by atoms with E-state index in [1.165, 1.54) is 0 Å². The van der Waals surface area contributed by atoms with Crippen molar-refractivity contribution >= 4 is 22.0 Å². The molecule has 0 aliphatic rings. The van der Waals surface area contributed by atoms with Gasteiger partial charge in [0, 0.05) is 5.33 Å². The zero-order valence-electron chi connectivity index (χ0n) is 9.00. The van der Waals surface area contributed by atoms with E-state index in [1.807, 2.05) is 37.3 Å². The molecule has 1 aromatic rings. The van der Waals surface area contributed by atoms with Crippen molar-refractivity contribution < 1.29 is 9.47 Å². The van der Waals surface area contributed by atoms with Crippen molar-refractivity contribution in [3.05, 3.63) is 29.8 Å². The van der Waals surface area contributed by atoms with Crippen LogP contribution in [-0.2, 0) is 0 Å². The first kappa shape index (κ1) is 12.1. The highest BCUT2D eigenvalue weighted by molar-refractivity contribution is 9.09. The molecule has 0 heterocycles. The summed E-state index contributed by atoms with van der Waals surface area (Å²) in [7, 11) is 1.65. The topological polar surface area (TPSA) is 18.5 Å². The molecular formula is C12H15BrO2. The van der Waals surface area contributed by atoms with Gasteiger partial charge in [-0.1, -0.05) is 34.1 Å². The molecule has 0 saturated carbocycles. The van der Waals surface area contributed by atoms with E-state index in [9.17, 15) is 0 Å². The van der Waals surface area contributed by atoms with Crippen molar-refractivity contribution in [3.8, 4) is 11.5 Å². The van der Waals surface area contributed by atoms with Crippen molar-refractivity contribution in [1.82, 2.24) is 0 Å². The predicted molar refractivity (Wildman–Crippen MR) is 67.0 cm³/mol. The largest absolute Gasteiger partial charge is 0.493 e. The van der Waals surface area contributed by atoms with Gasteiger partial charge in [0.15, 0.2) is 11.5 Å². The monoisotopic (exact) mass is 270 g/mol. The molecule has 0 spiro atoms. The third-order valence-corrected chi connectivity index (χ3v) is 2.26. The van der Waals surface area contributed by atoms with Crippen LogP contribution in [0.4, 0.5) is 0 Å². The van der Waals surface area contributed by atoms with Crippen LogP contribution in [0, 0.1) is 0 Å². The maximum Gasteiger partial charge on any atom is 0.161 e. The van der Waals surface area contributed by atoms with E-state index in [0.717, 1.165) is 22.4 Å². The minimum absolute atomic E-state index is 0.646. The summed E-state index contributed by atoms with van der Waals surface area (Å²) in [5, 5.41) is 0.850. The van der Waals surface area contributed by atoms with Gasteiger partial charge in [-0.3, -0.25) is 0 Å². The highest BCUT2D eigenvalue weighted by Gasteiger charge is 2.03. The molecule has 3 heteroatoms. The van der Waals surface area contributed by atoms with Gasteiger partial charge < -0.3 is 9.47 Å². The van der Waals surface area contributed by atoms with E-state index in [-0.39, 0.29) is 0 Å². The zero-order valence-corrected chi connectivity index (χ0v) is 10.6. The fourth-order valence-electron chi connectivity index (χ4n) is 1.24. The van der Waals surface area contributed by atoms with Crippen LogP contribution in [-0.4, -0.2) is 19.0 Å². The van der Waals surface area contributed by atoms with E-state index in [1.54, 1.807) is 7.11 Å². The SMILES string of the molecule is CCOc1ccc(C=CCBr)cc1OC. The molecule has 0 N–H and O–H groups in total. The van der Waals surface area contributed by atoms with Crippen LogP contribution in [0.15, 0.2) is 24.3 Å². The molecule has 0 saturated heterocycles. The maximum absolute atomic E-state index is 5.43. The number of ether oxygens (including phenoxy) is 2. The molecule has 0 bridgehead atoms. The molecule has 0 aromatic heterocycles. The summed E-state index contributed by atoms with van der Waals surface area (Å²) in [6, 6.07) is 5.90. The normalized spacial score (nSPS) is 10.6. The number of hydrogen-bond donors (Lipinski definition) is 0. The lowest BCUT2D eigenvalue weighted by molar-refractivity contribution is 0.311. The average molecular weight is 271 g/mol. The van der Waals surface area contributed by atoms with Crippen LogP contribution in [0.2, 0.25) is 0 Å². The minimum atomic E-state index is 0.646. The smallest absolute Gasteiger partial charge is 0.161 e. The molecule has 15 heavy (non-hydrogen) atoms. The van der Waals surface area contributed by atoms with Crippen LogP contribution in [0.5, 0.6) is 11.5 Å². The van der Waals surface area contributed by atoms with Gasteiger partial charge >= 0.3 is 0 Å². The highest BCUT2D eigenvalue weighted by atomic mass is 79.9. The average Bonchev–Trinajstić information content (AvgIpc) is 2.28. The lowest BCUT2D eigenvalue weighted by Gasteiger charge is -2.09. The van der Waals surface area contributed by atoms with Gasteiger partial charge in [-0.25, -0.2) is 0 Å². The van der Waals surface area contributed by atoms with E-state index < -0.39 is 0 Å². The summed E-state index contributed by atoms with van der Waals surface area (Å²) in [6.45, 7) is 2.60. The Labute approximate surface area is 99.0 Å². The van der Waals surface area contributed by atoms with Gasteiger partial charge in [-0.2, -0.15) is 0 Å². The molecule has 0 atom stereocenters. The van der Waals surface area contributed by atoms with Gasteiger partial charge in [0.25, 0.3) is 0 Å². The summed E-state index contributed by atoms with van der Waals surface area (Å²) in [4.78, 5) is 0. The molecular weight excluding hydrogens is 256 g/mol. The second kappa shape index (κ2) is 6.51. The minimum Gasteiger partial charge on any atom is -0.493 e. The zero-order chi connectivity index (χ0) is 11.1. The van der Waals surface area contributed by atoms with Crippen molar-refractivity contribution in [1.29, 1.82) is 0 Å². The van der Waals surface area contributed by atoms with Gasteiger partial charge in [-0.15, -0.1) is 0 Å². The molecule has 0 radical (unpaired) electrons. The van der Waals surface area contributed by atoms with Crippen molar-refractivity contribution in [3.63, 3.8) is 0 Å². The van der Waals surface area contributed by atoms with E-state index in [2.05, 4.69) is 15.9 Å². The Morgan fingerprint density at radius 3 is 2.73 bits per heavy atom. The quantitative estimate of drug-likeness (QED) is 0.763. The molecule has 1 aromatic carbocycles. The molecule has 0 unspecified atom stereocenters. The predicted octanol–water partition coefficient (Wildman–Crippen LogP) is 3.50. The molecule has 2 nitrogen and oxygen atoms in total. The first-order chi connectivity index (χ1) is 7.31. The first-order valence-electron chi connectivity index (χ1n) is 4.85. The van der Waals surface area contributed by atoms with Crippen molar-refractivity contribution in [2.75, 3.05) is 19.0 Å². The highest BCUT2D eigenvalue weighted by Crippen LogP contribution is 2.28. The number of hydrogen-bond acceptors (Lipinski definition) is 2. The third-order valence-electron chi connectivity index (χ3n) is 1.89. The second-order valence-electron chi connectivity index (χ2n) is 2.90.